The van der Waals surface area contributed by atoms with Crippen molar-refractivity contribution in [1.29, 1.82) is 0 Å². The second-order valence-corrected chi connectivity index (χ2v) is 8.54. The first-order valence-electron chi connectivity index (χ1n) is 9.31. The van der Waals surface area contributed by atoms with Crippen LogP contribution in [0.4, 0.5) is 5.69 Å². The minimum absolute atomic E-state index is 0.0236. The van der Waals surface area contributed by atoms with Gasteiger partial charge in [0.15, 0.2) is 5.75 Å². The van der Waals surface area contributed by atoms with Crippen LogP contribution in [0.2, 0.25) is 0 Å². The molecule has 0 saturated carbocycles. The van der Waals surface area contributed by atoms with Crippen LogP contribution in [0, 0.1) is 0 Å². The van der Waals surface area contributed by atoms with Gasteiger partial charge in [0.2, 0.25) is 5.43 Å². The molecule has 1 heterocycles. The van der Waals surface area contributed by atoms with Gasteiger partial charge in [0.1, 0.15) is 5.37 Å². The third-order valence-corrected chi connectivity index (χ3v) is 6.21. The Balaban J connectivity index is 2.09. The minimum atomic E-state index is -0.0452. The van der Waals surface area contributed by atoms with E-state index in [-0.39, 0.29) is 10.8 Å². The van der Waals surface area contributed by atoms with Crippen molar-refractivity contribution < 1.29 is 4.74 Å². The number of para-hydroxylation sites is 1. The third-order valence-electron chi connectivity index (χ3n) is 4.88. The zero-order valence-corrected chi connectivity index (χ0v) is 17.5. The SMILES string of the molecule is COc1cc(C(C)C)ccc(C2Sc3ccccc3N2CCN(C)C)c1=O. The van der Waals surface area contributed by atoms with E-state index in [1.54, 1.807) is 18.9 Å². The van der Waals surface area contributed by atoms with Crippen LogP contribution in [0.5, 0.6) is 5.75 Å². The van der Waals surface area contributed by atoms with E-state index in [2.05, 4.69) is 68.1 Å². The van der Waals surface area contributed by atoms with E-state index < -0.39 is 0 Å². The van der Waals surface area contributed by atoms with Gasteiger partial charge in [0, 0.05) is 23.5 Å². The normalized spacial score (nSPS) is 16.1. The number of thioether (sulfide) groups is 1. The lowest BCUT2D eigenvalue weighted by atomic mass is 10.1. The molecule has 0 saturated heterocycles. The van der Waals surface area contributed by atoms with Crippen molar-refractivity contribution in [3.8, 4) is 5.75 Å². The lowest BCUT2D eigenvalue weighted by molar-refractivity contribution is 0.408. The standard InChI is InChI=1S/C22H28N2O2S/c1-15(2)16-10-11-17(21(25)19(14-16)26-5)22-24(13-12-23(3)4)18-8-6-7-9-20(18)27-22/h6-11,14-15,22H,12-13H2,1-5H3. The topological polar surface area (TPSA) is 32.8 Å². The second-order valence-electron chi connectivity index (χ2n) is 7.42. The molecule has 1 atom stereocenters. The van der Waals surface area contributed by atoms with Gasteiger partial charge in [0.25, 0.3) is 0 Å². The van der Waals surface area contributed by atoms with Gasteiger partial charge in [-0.1, -0.05) is 49.9 Å². The van der Waals surface area contributed by atoms with Crippen molar-refractivity contribution in [2.24, 2.45) is 0 Å². The molecule has 0 amide bonds. The smallest absolute Gasteiger partial charge is 0.226 e. The van der Waals surface area contributed by atoms with Crippen LogP contribution in [-0.4, -0.2) is 39.2 Å². The quantitative estimate of drug-likeness (QED) is 0.739. The number of hydrogen-bond donors (Lipinski definition) is 0. The summed E-state index contributed by atoms with van der Waals surface area (Å²) >= 11 is 1.74. The van der Waals surface area contributed by atoms with Crippen molar-refractivity contribution in [2.45, 2.75) is 30.0 Å². The Hall–Kier alpha value is -1.98. The molecule has 0 aliphatic carbocycles. The van der Waals surface area contributed by atoms with E-state index in [1.165, 1.54) is 10.6 Å². The molecule has 0 bridgehead atoms. The van der Waals surface area contributed by atoms with Gasteiger partial charge >= 0.3 is 0 Å². The summed E-state index contributed by atoms with van der Waals surface area (Å²) < 4.78 is 5.46. The minimum Gasteiger partial charge on any atom is -0.493 e. The van der Waals surface area contributed by atoms with Crippen molar-refractivity contribution in [2.75, 3.05) is 39.2 Å². The van der Waals surface area contributed by atoms with Gasteiger partial charge < -0.3 is 14.5 Å². The molecule has 1 aliphatic rings. The summed E-state index contributed by atoms with van der Waals surface area (Å²) in [7, 11) is 5.72. The Morgan fingerprint density at radius 3 is 2.59 bits per heavy atom. The van der Waals surface area contributed by atoms with E-state index in [0.717, 1.165) is 24.2 Å². The first-order valence-corrected chi connectivity index (χ1v) is 10.2. The average molecular weight is 385 g/mol. The van der Waals surface area contributed by atoms with E-state index in [9.17, 15) is 4.79 Å². The fraction of sp³-hybridized carbons (Fsp3) is 0.409. The Labute approximate surface area is 166 Å². The van der Waals surface area contributed by atoms with Gasteiger partial charge in [0.05, 0.1) is 12.8 Å². The predicted molar refractivity (Wildman–Crippen MR) is 114 cm³/mol. The van der Waals surface area contributed by atoms with Crippen LogP contribution in [0.1, 0.15) is 36.3 Å². The molecular weight excluding hydrogens is 356 g/mol. The molecule has 0 N–H and O–H groups in total. The summed E-state index contributed by atoms with van der Waals surface area (Å²) in [6.45, 7) is 6.04. The van der Waals surface area contributed by atoms with E-state index >= 15 is 0 Å². The van der Waals surface area contributed by atoms with Gasteiger partial charge in [-0.2, -0.15) is 0 Å². The summed E-state index contributed by atoms with van der Waals surface area (Å²) in [6.07, 6.45) is 0. The maximum absolute atomic E-state index is 13.2. The van der Waals surface area contributed by atoms with Crippen LogP contribution in [0.3, 0.4) is 0 Å². The van der Waals surface area contributed by atoms with Crippen LogP contribution < -0.4 is 15.1 Å². The lowest BCUT2D eigenvalue weighted by Gasteiger charge is -2.27. The number of methoxy groups -OCH3 is 1. The van der Waals surface area contributed by atoms with Crippen molar-refractivity contribution >= 4 is 17.4 Å². The van der Waals surface area contributed by atoms with Crippen molar-refractivity contribution in [3.05, 3.63) is 63.8 Å². The van der Waals surface area contributed by atoms with Gasteiger partial charge in [-0.15, -0.1) is 0 Å². The first-order chi connectivity index (χ1) is 12.9. The monoisotopic (exact) mass is 384 g/mol. The number of rotatable bonds is 6. The second kappa shape index (κ2) is 8.36. The molecule has 4 nitrogen and oxygen atoms in total. The highest BCUT2D eigenvalue weighted by atomic mass is 32.2. The third kappa shape index (κ3) is 4.14. The Kier molecular flexibility index (Phi) is 6.12. The van der Waals surface area contributed by atoms with E-state index in [1.807, 2.05) is 12.1 Å². The van der Waals surface area contributed by atoms with Crippen LogP contribution in [0.15, 0.2) is 52.2 Å². The number of fused-ring (bicyclic) bond motifs is 1. The highest BCUT2D eigenvalue weighted by molar-refractivity contribution is 8.00. The number of ether oxygens (including phenoxy) is 1. The molecule has 144 valence electrons. The molecule has 0 spiro atoms. The average Bonchev–Trinajstić information content (AvgIpc) is 2.91. The fourth-order valence-corrected chi connectivity index (χ4v) is 4.62. The maximum atomic E-state index is 13.2. The highest BCUT2D eigenvalue weighted by Crippen LogP contribution is 2.50. The summed E-state index contributed by atoms with van der Waals surface area (Å²) in [6, 6.07) is 14.3. The zero-order valence-electron chi connectivity index (χ0n) is 16.7. The Morgan fingerprint density at radius 1 is 1.19 bits per heavy atom. The van der Waals surface area contributed by atoms with Gasteiger partial charge in [-0.05, 0) is 43.8 Å². The van der Waals surface area contributed by atoms with Crippen molar-refractivity contribution in [3.63, 3.8) is 0 Å². The molecule has 0 aromatic heterocycles. The zero-order chi connectivity index (χ0) is 19.6. The van der Waals surface area contributed by atoms with Crippen LogP contribution >= 0.6 is 11.8 Å². The van der Waals surface area contributed by atoms with Gasteiger partial charge in [-0.25, -0.2) is 0 Å². The predicted octanol–water partition coefficient (Wildman–Crippen LogP) is 4.35. The van der Waals surface area contributed by atoms with Gasteiger partial charge in [-0.3, -0.25) is 4.79 Å². The number of hydrogen-bond acceptors (Lipinski definition) is 5. The van der Waals surface area contributed by atoms with E-state index in [0.29, 0.717) is 11.7 Å². The highest BCUT2D eigenvalue weighted by Gasteiger charge is 2.32. The first kappa shape index (κ1) is 19.8. The number of benzene rings is 1. The molecule has 2 aromatic carbocycles. The van der Waals surface area contributed by atoms with Crippen molar-refractivity contribution in [1.82, 2.24) is 4.90 Å². The lowest BCUT2D eigenvalue weighted by Crippen LogP contribution is -2.33. The molecule has 2 aromatic rings. The summed E-state index contributed by atoms with van der Waals surface area (Å²) in [5.41, 5.74) is 3.06. The maximum Gasteiger partial charge on any atom is 0.226 e. The number of anilines is 1. The Bertz CT molecular complexity index is 867. The van der Waals surface area contributed by atoms with Crippen LogP contribution in [0.25, 0.3) is 0 Å². The summed E-state index contributed by atoms with van der Waals surface area (Å²) in [4.78, 5) is 18.9. The molecule has 0 fully saturated rings. The Morgan fingerprint density at radius 2 is 1.93 bits per heavy atom. The molecule has 0 radical (unpaired) electrons. The molecular formula is C22H28N2O2S. The molecule has 1 aliphatic heterocycles. The number of likely N-dealkylation sites (N-methyl/N-ethyl adjacent to an activating group) is 1. The molecule has 27 heavy (non-hydrogen) atoms. The summed E-state index contributed by atoms with van der Waals surface area (Å²) in [5, 5.41) is -0.0452. The number of nitrogens with zero attached hydrogens (tertiary/aromatic N) is 2. The molecule has 5 heteroatoms. The fourth-order valence-electron chi connectivity index (χ4n) is 3.26. The van der Waals surface area contributed by atoms with E-state index in [4.69, 9.17) is 4.74 Å². The molecule has 3 rings (SSSR count). The largest absolute Gasteiger partial charge is 0.493 e. The van der Waals surface area contributed by atoms with Crippen LogP contribution in [-0.2, 0) is 0 Å². The molecule has 1 unspecified atom stereocenters. The summed E-state index contributed by atoms with van der Waals surface area (Å²) in [5.74, 6) is 0.750.